The van der Waals surface area contributed by atoms with Crippen LogP contribution in [0.15, 0.2) is 0 Å². The minimum atomic E-state index is -0.297. The first kappa shape index (κ1) is 15.4. The molecule has 20 heavy (non-hydrogen) atoms. The van der Waals surface area contributed by atoms with Gasteiger partial charge >= 0.3 is 0 Å². The largest absolute Gasteiger partial charge is 0.370 e. The maximum atomic E-state index is 5.90. The van der Waals surface area contributed by atoms with Gasteiger partial charge < -0.3 is 10.5 Å². The van der Waals surface area contributed by atoms with Crippen molar-refractivity contribution in [3.05, 3.63) is 22.8 Å². The highest BCUT2D eigenvalue weighted by molar-refractivity contribution is 5.26. The summed E-state index contributed by atoms with van der Waals surface area (Å²) in [4.78, 5) is 9.52. The predicted octanol–water partition coefficient (Wildman–Crippen LogP) is 2.65. The van der Waals surface area contributed by atoms with Crippen molar-refractivity contribution in [3.8, 4) is 0 Å². The molecule has 2 unspecified atom stereocenters. The molecule has 4 heteroatoms. The molecule has 0 aromatic carbocycles. The highest BCUT2D eigenvalue weighted by Gasteiger charge is 2.39. The minimum Gasteiger partial charge on any atom is -0.370 e. The lowest BCUT2D eigenvalue weighted by atomic mass is 9.78. The summed E-state index contributed by atoms with van der Waals surface area (Å²) in [6.07, 6.45) is 5.32. The first-order valence-corrected chi connectivity index (χ1v) is 7.62. The molecule has 0 saturated heterocycles. The van der Waals surface area contributed by atoms with Gasteiger partial charge in [-0.05, 0) is 57.6 Å². The molecule has 1 aromatic rings. The Morgan fingerprint density at radius 2 is 1.95 bits per heavy atom. The fourth-order valence-corrected chi connectivity index (χ4v) is 3.43. The number of hydrogen-bond donors (Lipinski definition) is 1. The average Bonchev–Trinajstić information content (AvgIpc) is 2.42. The van der Waals surface area contributed by atoms with E-state index in [9.17, 15) is 0 Å². The van der Waals surface area contributed by atoms with Crippen LogP contribution in [0.5, 0.6) is 0 Å². The van der Waals surface area contributed by atoms with Crippen LogP contribution in [-0.4, -0.2) is 23.6 Å². The lowest BCUT2D eigenvalue weighted by Gasteiger charge is -2.38. The van der Waals surface area contributed by atoms with Crippen LogP contribution in [0.25, 0.3) is 0 Å². The summed E-state index contributed by atoms with van der Waals surface area (Å²) >= 11 is 0. The molecule has 112 valence electrons. The zero-order chi connectivity index (χ0) is 14.8. The van der Waals surface area contributed by atoms with Crippen molar-refractivity contribution < 1.29 is 4.74 Å². The van der Waals surface area contributed by atoms with Gasteiger partial charge in [-0.2, -0.15) is 0 Å². The highest BCUT2D eigenvalue weighted by Crippen LogP contribution is 2.41. The van der Waals surface area contributed by atoms with E-state index >= 15 is 0 Å². The zero-order valence-corrected chi connectivity index (χ0v) is 13.2. The van der Waals surface area contributed by atoms with Gasteiger partial charge in [-0.15, -0.1) is 0 Å². The third-order valence-corrected chi connectivity index (χ3v) is 4.57. The standard InChI is InChI=1S/C16H27N3O/c1-11-6-5-8-16(10-11,20-4)15-18-12(2)14(7-9-17)13(3)19-15/h11H,5-10,17H2,1-4H3. The zero-order valence-electron chi connectivity index (χ0n) is 13.2. The maximum Gasteiger partial charge on any atom is 0.160 e. The first-order chi connectivity index (χ1) is 9.52. The van der Waals surface area contributed by atoms with Gasteiger partial charge in [-0.25, -0.2) is 9.97 Å². The van der Waals surface area contributed by atoms with E-state index in [2.05, 4.69) is 20.8 Å². The van der Waals surface area contributed by atoms with Crippen LogP contribution >= 0.6 is 0 Å². The van der Waals surface area contributed by atoms with E-state index < -0.39 is 0 Å². The Hall–Kier alpha value is -1.00. The van der Waals surface area contributed by atoms with E-state index in [0.717, 1.165) is 36.5 Å². The average molecular weight is 277 g/mol. The number of hydrogen-bond acceptors (Lipinski definition) is 4. The number of methoxy groups -OCH3 is 1. The molecule has 2 N–H and O–H groups in total. The Labute approximate surface area is 122 Å². The van der Waals surface area contributed by atoms with E-state index in [4.69, 9.17) is 20.4 Å². The van der Waals surface area contributed by atoms with Gasteiger partial charge in [-0.3, -0.25) is 0 Å². The second-order valence-electron chi connectivity index (χ2n) is 6.14. The summed E-state index contributed by atoms with van der Waals surface area (Å²) in [6, 6.07) is 0. The molecule has 0 bridgehead atoms. The van der Waals surface area contributed by atoms with Gasteiger partial charge in [0, 0.05) is 18.5 Å². The van der Waals surface area contributed by atoms with E-state index in [1.54, 1.807) is 7.11 Å². The van der Waals surface area contributed by atoms with E-state index in [-0.39, 0.29) is 5.60 Å². The van der Waals surface area contributed by atoms with Crippen LogP contribution in [0.4, 0.5) is 0 Å². The Morgan fingerprint density at radius 3 is 2.45 bits per heavy atom. The Kier molecular flexibility index (Phi) is 4.76. The molecule has 1 saturated carbocycles. The van der Waals surface area contributed by atoms with Gasteiger partial charge in [0.1, 0.15) is 5.60 Å². The Balaban J connectivity index is 2.40. The Morgan fingerprint density at radius 1 is 1.30 bits per heavy atom. The van der Waals surface area contributed by atoms with Crippen molar-refractivity contribution in [2.75, 3.05) is 13.7 Å². The van der Waals surface area contributed by atoms with E-state index in [1.807, 2.05) is 0 Å². The van der Waals surface area contributed by atoms with Crippen molar-refractivity contribution in [2.24, 2.45) is 11.7 Å². The van der Waals surface area contributed by atoms with E-state index in [0.29, 0.717) is 12.5 Å². The van der Waals surface area contributed by atoms with Crippen molar-refractivity contribution in [2.45, 2.75) is 58.5 Å². The van der Waals surface area contributed by atoms with Gasteiger partial charge in [-0.1, -0.05) is 13.3 Å². The molecule has 0 amide bonds. The molecule has 1 heterocycles. The summed E-state index contributed by atoms with van der Waals surface area (Å²) in [5.74, 6) is 1.53. The van der Waals surface area contributed by atoms with Gasteiger partial charge in [0.05, 0.1) is 0 Å². The molecule has 4 nitrogen and oxygen atoms in total. The number of rotatable bonds is 4. The number of aromatic nitrogens is 2. The van der Waals surface area contributed by atoms with E-state index in [1.165, 1.54) is 18.4 Å². The lowest BCUT2D eigenvalue weighted by Crippen LogP contribution is -2.36. The molecule has 0 aliphatic heterocycles. The fourth-order valence-electron chi connectivity index (χ4n) is 3.43. The summed E-state index contributed by atoms with van der Waals surface area (Å²) < 4.78 is 5.90. The van der Waals surface area contributed by atoms with Crippen molar-refractivity contribution in [1.29, 1.82) is 0 Å². The highest BCUT2D eigenvalue weighted by atomic mass is 16.5. The van der Waals surface area contributed by atoms with Gasteiger partial charge in [0.15, 0.2) is 5.82 Å². The summed E-state index contributed by atoms with van der Waals surface area (Å²) in [6.45, 7) is 7.03. The molecule has 2 atom stereocenters. The predicted molar refractivity (Wildman–Crippen MR) is 80.6 cm³/mol. The second-order valence-corrected chi connectivity index (χ2v) is 6.14. The van der Waals surface area contributed by atoms with Crippen LogP contribution in [0.2, 0.25) is 0 Å². The first-order valence-electron chi connectivity index (χ1n) is 7.62. The maximum absolute atomic E-state index is 5.90. The second kappa shape index (κ2) is 6.19. The number of nitrogens with two attached hydrogens (primary N) is 1. The number of ether oxygens (including phenoxy) is 1. The quantitative estimate of drug-likeness (QED) is 0.919. The third kappa shape index (κ3) is 2.86. The molecule has 0 spiro atoms. The molecule has 1 fully saturated rings. The van der Waals surface area contributed by atoms with Crippen molar-refractivity contribution in [3.63, 3.8) is 0 Å². The lowest BCUT2D eigenvalue weighted by molar-refractivity contribution is -0.0648. The monoisotopic (exact) mass is 277 g/mol. The van der Waals surface area contributed by atoms with Crippen molar-refractivity contribution >= 4 is 0 Å². The minimum absolute atomic E-state index is 0.297. The third-order valence-electron chi connectivity index (χ3n) is 4.57. The molecule has 0 radical (unpaired) electrons. The van der Waals surface area contributed by atoms with Gasteiger partial charge in [0.25, 0.3) is 0 Å². The summed E-state index contributed by atoms with van der Waals surface area (Å²) in [5.41, 5.74) is 8.66. The molecule has 1 aromatic heterocycles. The van der Waals surface area contributed by atoms with Gasteiger partial charge in [0.2, 0.25) is 0 Å². The van der Waals surface area contributed by atoms with Crippen LogP contribution in [0.3, 0.4) is 0 Å². The number of aryl methyl sites for hydroxylation is 2. The van der Waals surface area contributed by atoms with Crippen LogP contribution in [0.1, 0.15) is 55.4 Å². The molecule has 2 rings (SSSR count). The topological polar surface area (TPSA) is 61.0 Å². The van der Waals surface area contributed by atoms with Crippen LogP contribution < -0.4 is 5.73 Å². The van der Waals surface area contributed by atoms with Crippen LogP contribution in [-0.2, 0) is 16.8 Å². The SMILES string of the molecule is COC1(c2nc(C)c(CCN)c(C)n2)CCCC(C)C1. The van der Waals surface area contributed by atoms with Crippen LogP contribution in [0, 0.1) is 19.8 Å². The summed E-state index contributed by atoms with van der Waals surface area (Å²) in [7, 11) is 1.79. The Bertz CT molecular complexity index is 452. The molecular weight excluding hydrogens is 250 g/mol. The number of nitrogens with zero attached hydrogens (tertiary/aromatic N) is 2. The fraction of sp³-hybridized carbons (Fsp3) is 0.750. The molecular formula is C16H27N3O. The smallest absolute Gasteiger partial charge is 0.160 e. The molecule has 1 aliphatic rings. The van der Waals surface area contributed by atoms with Crippen molar-refractivity contribution in [1.82, 2.24) is 9.97 Å². The molecule has 1 aliphatic carbocycles. The summed E-state index contributed by atoms with van der Waals surface area (Å²) in [5, 5.41) is 0. The normalized spacial score (nSPS) is 26.8.